The minimum absolute atomic E-state index is 0.391. The molecule has 0 N–H and O–H groups in total. The number of methoxy groups -OCH3 is 1. The molecule has 1 aromatic heterocycles. The fourth-order valence-corrected chi connectivity index (χ4v) is 1.18. The Morgan fingerprint density at radius 1 is 1.67 bits per heavy atom. The number of hydrogen-bond acceptors (Lipinski definition) is 4. The van der Waals surface area contributed by atoms with Gasteiger partial charge in [0.2, 0.25) is 0 Å². The normalized spacial score (nSPS) is 12.2. The Hall–Kier alpha value is -1.52. The highest BCUT2D eigenvalue weighted by molar-refractivity contribution is 5.74. The minimum Gasteiger partial charge on any atom is -0.476 e. The van der Waals surface area contributed by atoms with Crippen molar-refractivity contribution in [1.82, 2.24) is 9.78 Å². The number of carbonyl (C=O) groups excluding carboxylic acids is 1. The van der Waals surface area contributed by atoms with E-state index < -0.39 is 12.1 Å². The van der Waals surface area contributed by atoms with E-state index in [0.717, 1.165) is 13.0 Å². The topological polar surface area (TPSA) is 53.4 Å². The average molecular weight is 212 g/mol. The van der Waals surface area contributed by atoms with Crippen LogP contribution in [0.25, 0.3) is 0 Å². The second-order valence-electron chi connectivity index (χ2n) is 3.22. The number of rotatable bonds is 5. The first-order valence-corrected chi connectivity index (χ1v) is 4.94. The molecule has 0 unspecified atom stereocenters. The van der Waals surface area contributed by atoms with Crippen LogP contribution in [0, 0.1) is 0 Å². The fourth-order valence-electron chi connectivity index (χ4n) is 1.18. The van der Waals surface area contributed by atoms with E-state index in [1.165, 1.54) is 7.11 Å². The largest absolute Gasteiger partial charge is 0.476 e. The highest BCUT2D eigenvalue weighted by Gasteiger charge is 2.15. The fraction of sp³-hybridized carbons (Fsp3) is 0.600. The van der Waals surface area contributed by atoms with Gasteiger partial charge in [0.15, 0.2) is 11.9 Å². The van der Waals surface area contributed by atoms with Gasteiger partial charge in [0.05, 0.1) is 19.5 Å². The maximum absolute atomic E-state index is 11.1. The molecule has 1 aromatic rings. The molecule has 15 heavy (non-hydrogen) atoms. The van der Waals surface area contributed by atoms with Crippen molar-refractivity contribution in [2.45, 2.75) is 32.9 Å². The molecule has 1 rings (SSSR count). The van der Waals surface area contributed by atoms with E-state index >= 15 is 0 Å². The molecule has 84 valence electrons. The first kappa shape index (κ1) is 11.6. The van der Waals surface area contributed by atoms with Crippen molar-refractivity contribution < 1.29 is 14.3 Å². The lowest BCUT2D eigenvalue weighted by Gasteiger charge is -2.09. The van der Waals surface area contributed by atoms with Gasteiger partial charge in [0.25, 0.3) is 0 Å². The molecule has 0 bridgehead atoms. The molecular weight excluding hydrogens is 196 g/mol. The Morgan fingerprint density at radius 2 is 2.40 bits per heavy atom. The van der Waals surface area contributed by atoms with Gasteiger partial charge in [-0.3, -0.25) is 4.68 Å². The summed E-state index contributed by atoms with van der Waals surface area (Å²) < 4.78 is 11.7. The van der Waals surface area contributed by atoms with Crippen molar-refractivity contribution in [3.05, 3.63) is 12.4 Å². The molecule has 0 saturated carbocycles. The van der Waals surface area contributed by atoms with Gasteiger partial charge in [-0.05, 0) is 13.3 Å². The first-order chi connectivity index (χ1) is 7.17. The summed E-state index contributed by atoms with van der Waals surface area (Å²) in [5, 5.41) is 4.08. The molecule has 5 heteroatoms. The quantitative estimate of drug-likeness (QED) is 0.689. The highest BCUT2D eigenvalue weighted by Crippen LogP contribution is 2.11. The predicted molar refractivity (Wildman–Crippen MR) is 54.6 cm³/mol. The van der Waals surface area contributed by atoms with E-state index in [1.54, 1.807) is 24.0 Å². The first-order valence-electron chi connectivity index (χ1n) is 4.94. The Morgan fingerprint density at radius 3 is 3.00 bits per heavy atom. The van der Waals surface area contributed by atoms with Gasteiger partial charge in [0.1, 0.15) is 0 Å². The van der Waals surface area contributed by atoms with Crippen molar-refractivity contribution in [1.29, 1.82) is 0 Å². The number of esters is 1. The zero-order valence-corrected chi connectivity index (χ0v) is 9.27. The van der Waals surface area contributed by atoms with Gasteiger partial charge >= 0.3 is 5.97 Å². The lowest BCUT2D eigenvalue weighted by molar-refractivity contribution is -0.147. The van der Waals surface area contributed by atoms with Crippen LogP contribution in [0.2, 0.25) is 0 Å². The molecule has 0 aromatic carbocycles. The predicted octanol–water partition coefficient (Wildman–Crippen LogP) is 1.23. The monoisotopic (exact) mass is 212 g/mol. The summed E-state index contributed by atoms with van der Waals surface area (Å²) in [7, 11) is 1.34. The molecule has 5 nitrogen and oxygen atoms in total. The van der Waals surface area contributed by atoms with Gasteiger partial charge in [-0.15, -0.1) is 0 Å². The summed E-state index contributed by atoms with van der Waals surface area (Å²) in [4.78, 5) is 11.1. The van der Waals surface area contributed by atoms with Crippen molar-refractivity contribution in [3.63, 3.8) is 0 Å². The number of nitrogens with zero attached hydrogens (tertiary/aromatic N) is 2. The summed E-state index contributed by atoms with van der Waals surface area (Å²) in [6.07, 6.45) is 3.76. The summed E-state index contributed by atoms with van der Waals surface area (Å²) >= 11 is 0. The molecule has 1 atom stereocenters. The van der Waals surface area contributed by atoms with Crippen LogP contribution in [0.4, 0.5) is 0 Å². The second kappa shape index (κ2) is 5.38. The van der Waals surface area contributed by atoms with E-state index in [9.17, 15) is 4.79 Å². The summed E-state index contributed by atoms with van der Waals surface area (Å²) in [6.45, 7) is 4.55. The lowest BCUT2D eigenvalue weighted by atomic mass is 10.4. The molecule has 0 amide bonds. The van der Waals surface area contributed by atoms with Crippen LogP contribution >= 0.6 is 0 Å². The number of aromatic nitrogens is 2. The number of ether oxygens (including phenoxy) is 2. The molecule has 0 fully saturated rings. The van der Waals surface area contributed by atoms with Gasteiger partial charge in [-0.1, -0.05) is 6.92 Å². The van der Waals surface area contributed by atoms with Crippen molar-refractivity contribution >= 4 is 5.97 Å². The van der Waals surface area contributed by atoms with Crippen molar-refractivity contribution in [2.24, 2.45) is 0 Å². The van der Waals surface area contributed by atoms with Crippen molar-refractivity contribution in [2.75, 3.05) is 7.11 Å². The molecule has 0 spiro atoms. The van der Waals surface area contributed by atoms with E-state index in [4.69, 9.17) is 4.74 Å². The third kappa shape index (κ3) is 3.27. The Labute approximate surface area is 89.0 Å². The maximum Gasteiger partial charge on any atom is 0.346 e. The van der Waals surface area contributed by atoms with Gasteiger partial charge < -0.3 is 9.47 Å². The van der Waals surface area contributed by atoms with Gasteiger partial charge in [-0.2, -0.15) is 5.10 Å². The summed E-state index contributed by atoms with van der Waals surface area (Å²) in [6, 6.07) is 0. The molecule has 0 radical (unpaired) electrons. The van der Waals surface area contributed by atoms with Crippen LogP contribution in [0.5, 0.6) is 5.75 Å². The van der Waals surface area contributed by atoms with Crippen LogP contribution in [-0.4, -0.2) is 29.0 Å². The van der Waals surface area contributed by atoms with E-state index in [2.05, 4.69) is 16.8 Å². The van der Waals surface area contributed by atoms with E-state index in [-0.39, 0.29) is 0 Å². The number of carbonyl (C=O) groups is 1. The summed E-state index contributed by atoms with van der Waals surface area (Å²) in [5.41, 5.74) is 0. The lowest BCUT2D eigenvalue weighted by Crippen LogP contribution is -2.24. The van der Waals surface area contributed by atoms with E-state index in [0.29, 0.717) is 5.75 Å². The second-order valence-corrected chi connectivity index (χ2v) is 3.22. The third-order valence-electron chi connectivity index (χ3n) is 1.91. The molecular formula is C10H16N2O3. The zero-order chi connectivity index (χ0) is 11.3. The van der Waals surface area contributed by atoms with E-state index in [1.807, 2.05) is 0 Å². The average Bonchev–Trinajstić information content (AvgIpc) is 2.65. The van der Waals surface area contributed by atoms with Crippen LogP contribution in [0.15, 0.2) is 12.4 Å². The molecule has 0 aliphatic heterocycles. The molecule has 0 aliphatic rings. The van der Waals surface area contributed by atoms with Crippen LogP contribution in [-0.2, 0) is 16.1 Å². The molecule has 0 saturated heterocycles. The minimum atomic E-state index is -0.603. The van der Waals surface area contributed by atoms with Gasteiger partial charge in [0, 0.05) is 6.54 Å². The smallest absolute Gasteiger partial charge is 0.346 e. The zero-order valence-electron chi connectivity index (χ0n) is 9.27. The Kier molecular flexibility index (Phi) is 4.15. The van der Waals surface area contributed by atoms with Crippen molar-refractivity contribution in [3.8, 4) is 5.75 Å². The molecule has 1 heterocycles. The van der Waals surface area contributed by atoms with Gasteiger partial charge in [-0.25, -0.2) is 4.79 Å². The Bertz CT molecular complexity index is 322. The van der Waals surface area contributed by atoms with Crippen LogP contribution in [0.1, 0.15) is 20.3 Å². The standard InChI is InChI=1S/C10H16N2O3/c1-4-5-12-7-9(6-11-12)15-8(2)10(13)14-3/h6-8H,4-5H2,1-3H3/t8-/m1/s1. The summed E-state index contributed by atoms with van der Waals surface area (Å²) in [5.74, 6) is 0.194. The molecule has 0 aliphatic carbocycles. The number of aryl methyl sites for hydroxylation is 1. The number of hydrogen-bond donors (Lipinski definition) is 0. The SMILES string of the molecule is CCCn1cc(O[C@H](C)C(=O)OC)cn1. The van der Waals surface area contributed by atoms with Crippen LogP contribution in [0.3, 0.4) is 0 Å². The Balaban J connectivity index is 2.53. The highest BCUT2D eigenvalue weighted by atomic mass is 16.6. The maximum atomic E-state index is 11.1. The van der Waals surface area contributed by atoms with Crippen LogP contribution < -0.4 is 4.74 Å². The third-order valence-corrected chi connectivity index (χ3v) is 1.91.